The highest BCUT2D eigenvalue weighted by molar-refractivity contribution is 5.91. The zero-order chi connectivity index (χ0) is 43.7. The second-order valence-corrected chi connectivity index (χ2v) is 18.5. The molecule has 4 N–H and O–H groups in total. The van der Waals surface area contributed by atoms with Gasteiger partial charge in [-0.2, -0.15) is 0 Å². The third-order valence-electron chi connectivity index (χ3n) is 14.1. The van der Waals surface area contributed by atoms with Crippen LogP contribution in [0.4, 0.5) is 9.59 Å². The SMILES string of the molecule is COC(=O)N[C@H](C(=O)N1[C@@H]2[C@H](C)[C@@H]2C[C@H]1c1ncc(-c2cccc(-c3ccc4cc(-c5cnc([C@@H]6C[C@H]7[C@@H](C)[C@H]7N6C(=O)[C@@H](NC(=O)OC)C(C)C)[nH]5)ccc4c3)c2)[nH]1)C(C)C. The van der Waals surface area contributed by atoms with Crippen molar-refractivity contribution < 1.29 is 28.7 Å². The monoisotopic (exact) mass is 840 g/mol. The van der Waals surface area contributed by atoms with Crippen molar-refractivity contribution in [1.82, 2.24) is 40.4 Å². The number of nitrogens with zero attached hydrogens (tertiary/aromatic N) is 4. The normalized spacial score (nSPS) is 25.6. The first kappa shape index (κ1) is 41.2. The fourth-order valence-corrected chi connectivity index (χ4v) is 10.4. The Kier molecular flexibility index (Phi) is 10.6. The van der Waals surface area contributed by atoms with E-state index >= 15 is 0 Å². The average molecular weight is 841 g/mol. The van der Waals surface area contributed by atoms with Gasteiger partial charge in [0.05, 0.1) is 50.1 Å². The summed E-state index contributed by atoms with van der Waals surface area (Å²) in [5.41, 5.74) is 5.87. The highest BCUT2D eigenvalue weighted by Gasteiger charge is 2.62. The number of nitrogens with one attached hydrogen (secondary N) is 4. The van der Waals surface area contributed by atoms with Crippen LogP contribution in [0, 0.1) is 35.5 Å². The molecule has 2 saturated carbocycles. The van der Waals surface area contributed by atoms with E-state index in [1.54, 1.807) is 0 Å². The first-order valence-electron chi connectivity index (χ1n) is 21.9. The molecule has 62 heavy (non-hydrogen) atoms. The van der Waals surface area contributed by atoms with Gasteiger partial charge in [-0.05, 0) is 88.4 Å². The van der Waals surface area contributed by atoms with E-state index < -0.39 is 24.3 Å². The third-order valence-corrected chi connectivity index (χ3v) is 14.1. The number of amides is 4. The van der Waals surface area contributed by atoms with Gasteiger partial charge < -0.3 is 39.9 Å². The maximum atomic E-state index is 14.0. The number of aromatic amines is 2. The predicted molar refractivity (Wildman–Crippen MR) is 234 cm³/mol. The van der Waals surface area contributed by atoms with Crippen molar-refractivity contribution >= 4 is 34.8 Å². The Bertz CT molecular complexity index is 2550. The molecule has 14 nitrogen and oxygen atoms in total. The molecule has 14 heteroatoms. The van der Waals surface area contributed by atoms with Crippen LogP contribution in [-0.4, -0.2) is 92.1 Å². The van der Waals surface area contributed by atoms with E-state index in [0.29, 0.717) is 23.7 Å². The van der Waals surface area contributed by atoms with Crippen molar-refractivity contribution in [2.24, 2.45) is 35.5 Å². The molecule has 4 amide bonds. The van der Waals surface area contributed by atoms with Crippen molar-refractivity contribution in [3.8, 4) is 33.6 Å². The number of aromatic nitrogens is 4. The van der Waals surface area contributed by atoms with Crippen LogP contribution in [0.1, 0.15) is 78.1 Å². The predicted octanol–water partition coefficient (Wildman–Crippen LogP) is 7.86. The van der Waals surface area contributed by atoms with Crippen LogP contribution in [0.5, 0.6) is 0 Å². The molecule has 10 atom stereocenters. The second-order valence-electron chi connectivity index (χ2n) is 18.5. The summed E-state index contributed by atoms with van der Waals surface area (Å²) in [6.07, 6.45) is 4.11. The van der Waals surface area contributed by atoms with Crippen molar-refractivity contribution in [3.63, 3.8) is 0 Å². The number of piperidine rings is 2. The quantitative estimate of drug-likeness (QED) is 0.104. The number of fused-ring (bicyclic) bond motifs is 3. The van der Waals surface area contributed by atoms with Gasteiger partial charge in [0, 0.05) is 23.2 Å². The fourth-order valence-electron chi connectivity index (χ4n) is 10.4. The van der Waals surface area contributed by atoms with Gasteiger partial charge in [-0.25, -0.2) is 19.6 Å². The van der Waals surface area contributed by atoms with Crippen molar-refractivity contribution in [2.75, 3.05) is 14.2 Å². The molecule has 0 unspecified atom stereocenters. The molecule has 3 aromatic carbocycles. The third kappa shape index (κ3) is 7.26. The van der Waals surface area contributed by atoms with E-state index in [0.717, 1.165) is 68.9 Å². The number of imidazole rings is 2. The lowest BCUT2D eigenvalue weighted by molar-refractivity contribution is -0.137. The van der Waals surface area contributed by atoms with E-state index in [9.17, 15) is 19.2 Å². The Morgan fingerprint density at radius 3 is 1.52 bits per heavy atom. The van der Waals surface area contributed by atoms with Gasteiger partial charge in [0.15, 0.2) is 0 Å². The first-order valence-corrected chi connectivity index (χ1v) is 21.9. The van der Waals surface area contributed by atoms with E-state index in [1.165, 1.54) is 14.2 Å². The molecule has 2 aromatic heterocycles. The summed E-state index contributed by atoms with van der Waals surface area (Å²) in [6.45, 7) is 12.1. The molecule has 9 rings (SSSR count). The molecule has 4 aliphatic rings. The molecule has 4 fully saturated rings. The number of carbonyl (C=O) groups excluding carboxylic acids is 4. The number of alkyl carbamates (subject to hydrolysis) is 2. The van der Waals surface area contributed by atoms with Crippen molar-refractivity contribution in [2.45, 2.75) is 90.6 Å². The maximum absolute atomic E-state index is 14.0. The van der Waals surface area contributed by atoms with E-state index in [2.05, 4.69) is 89.0 Å². The van der Waals surface area contributed by atoms with Gasteiger partial charge in [-0.1, -0.05) is 84.0 Å². The summed E-state index contributed by atoms with van der Waals surface area (Å²) < 4.78 is 9.67. The second kappa shape index (κ2) is 15.9. The molecular weight excluding hydrogens is 785 g/mol. The lowest BCUT2D eigenvalue weighted by atomic mass is 9.98. The van der Waals surface area contributed by atoms with Crippen LogP contribution in [0.15, 0.2) is 73.1 Å². The molecule has 0 radical (unpaired) electrons. The van der Waals surface area contributed by atoms with Crippen LogP contribution >= 0.6 is 0 Å². The topological polar surface area (TPSA) is 175 Å². The summed E-state index contributed by atoms with van der Waals surface area (Å²) in [5, 5.41) is 7.71. The standard InChI is InChI=1S/C48H56N8O6/c1-23(2)39(53-47(59)61-7)45(57)55-37(19-33-25(5)41(33)55)43-49-21-35(51-43)31-11-9-10-27(17-31)28-12-13-30-18-32(15-14-29(30)16-28)36-22-50-44(52-36)38-20-34-26(6)42(34)56(38)46(58)40(24(3)4)54-48(60)62-8/h9-18,21-26,33-34,37-42H,19-20H2,1-8H3,(H,49,51)(H,50,52)(H,53,59)(H,54,60)/t25-,26-,33+,34+,37+,38+,39+,40+,41-,42-/m1/s1. The number of methoxy groups -OCH3 is 2. The molecule has 2 aliphatic heterocycles. The van der Waals surface area contributed by atoms with Gasteiger partial charge >= 0.3 is 12.2 Å². The molecule has 324 valence electrons. The Morgan fingerprint density at radius 1 is 0.629 bits per heavy atom. The van der Waals surface area contributed by atoms with Crippen LogP contribution in [0.2, 0.25) is 0 Å². The maximum Gasteiger partial charge on any atom is 0.407 e. The van der Waals surface area contributed by atoms with Gasteiger partial charge in [0.2, 0.25) is 11.8 Å². The number of hydrogen-bond donors (Lipinski definition) is 4. The van der Waals surface area contributed by atoms with E-state index in [1.807, 2.05) is 56.0 Å². The van der Waals surface area contributed by atoms with Crippen LogP contribution in [0.3, 0.4) is 0 Å². The highest BCUT2D eigenvalue weighted by atomic mass is 16.5. The molecule has 4 heterocycles. The summed E-state index contributed by atoms with van der Waals surface area (Å²) in [6, 6.07) is 19.7. The van der Waals surface area contributed by atoms with Crippen LogP contribution < -0.4 is 10.6 Å². The molecule has 2 aliphatic carbocycles. The number of rotatable bonds is 11. The minimum absolute atomic E-state index is 0.103. The number of likely N-dealkylation sites (tertiary alicyclic amines) is 2. The van der Waals surface area contributed by atoms with Crippen molar-refractivity contribution in [3.05, 3.63) is 84.7 Å². The van der Waals surface area contributed by atoms with Gasteiger partial charge in [-0.15, -0.1) is 0 Å². The first-order chi connectivity index (χ1) is 29.8. The van der Waals surface area contributed by atoms with Crippen LogP contribution in [0.25, 0.3) is 44.4 Å². The van der Waals surface area contributed by atoms with Crippen LogP contribution in [-0.2, 0) is 19.1 Å². The van der Waals surface area contributed by atoms with E-state index in [-0.39, 0.29) is 47.8 Å². The molecular formula is C48H56N8O6. The zero-order valence-corrected chi connectivity index (χ0v) is 36.5. The molecule has 5 aromatic rings. The summed E-state index contributed by atoms with van der Waals surface area (Å²) in [5.74, 6) is 2.70. The van der Waals surface area contributed by atoms with Crippen molar-refractivity contribution in [1.29, 1.82) is 0 Å². The average Bonchev–Trinajstić information content (AvgIpc) is 3.75. The molecule has 2 saturated heterocycles. The summed E-state index contributed by atoms with van der Waals surface area (Å²) in [7, 11) is 2.61. The smallest absolute Gasteiger partial charge is 0.407 e. The van der Waals surface area contributed by atoms with Gasteiger partial charge in [0.25, 0.3) is 0 Å². The van der Waals surface area contributed by atoms with Gasteiger partial charge in [0.1, 0.15) is 23.7 Å². The number of ether oxygens (including phenoxy) is 2. The Hall–Kier alpha value is -6.18. The number of H-pyrrole nitrogens is 2. The lowest BCUT2D eigenvalue weighted by Gasteiger charge is -2.32. The minimum atomic E-state index is -0.696. The number of carbonyl (C=O) groups is 4. The lowest BCUT2D eigenvalue weighted by Crippen LogP contribution is -2.52. The Morgan fingerprint density at radius 2 is 1.05 bits per heavy atom. The summed E-state index contributed by atoms with van der Waals surface area (Å²) >= 11 is 0. The molecule has 0 spiro atoms. The number of hydrogen-bond acceptors (Lipinski definition) is 8. The fraction of sp³-hybridized carbons (Fsp3) is 0.458. The van der Waals surface area contributed by atoms with Gasteiger partial charge in [-0.3, -0.25) is 9.59 Å². The Balaban J connectivity index is 0.915. The molecule has 0 bridgehead atoms. The largest absolute Gasteiger partial charge is 0.453 e. The number of benzene rings is 3. The highest BCUT2D eigenvalue weighted by Crippen LogP contribution is 2.58. The minimum Gasteiger partial charge on any atom is -0.453 e. The summed E-state index contributed by atoms with van der Waals surface area (Å²) in [4.78, 5) is 72.9. The zero-order valence-electron chi connectivity index (χ0n) is 36.5. The Labute approximate surface area is 361 Å². The van der Waals surface area contributed by atoms with E-state index in [4.69, 9.17) is 19.4 Å².